The average Bonchev–Trinajstić information content (AvgIpc) is 2.88. The van der Waals surface area contributed by atoms with Crippen LogP contribution in [0.25, 0.3) is 0 Å². The molecule has 0 aliphatic carbocycles. The second kappa shape index (κ2) is 6.38. The molecule has 0 unspecified atom stereocenters. The highest BCUT2D eigenvalue weighted by Gasteiger charge is 2.10. The van der Waals surface area contributed by atoms with Crippen molar-refractivity contribution in [3.63, 3.8) is 0 Å². The van der Waals surface area contributed by atoms with Gasteiger partial charge in [-0.2, -0.15) is 0 Å². The Morgan fingerprint density at radius 3 is 2.38 bits per heavy atom. The van der Waals surface area contributed by atoms with Crippen LogP contribution in [0.4, 0.5) is 5.69 Å². The van der Waals surface area contributed by atoms with Crippen LogP contribution in [-0.2, 0) is 22.2 Å². The number of thiophene rings is 1. The standard InChI is InChI=1S/C14H16N2O3S2/c1-2-12-7-8-13(20-12)14(17)16-11-5-3-10(4-6-11)9-21(15,18)19/h3-8H,2,9H2,1H3,(H,16,17)(H2,15,18,19). The fourth-order valence-electron chi connectivity index (χ4n) is 1.80. The summed E-state index contributed by atoms with van der Waals surface area (Å²) in [5, 5.41) is 7.76. The van der Waals surface area contributed by atoms with Crippen LogP contribution in [-0.4, -0.2) is 14.3 Å². The molecular formula is C14H16N2O3S2. The van der Waals surface area contributed by atoms with E-state index in [9.17, 15) is 13.2 Å². The minimum Gasteiger partial charge on any atom is -0.321 e. The predicted molar refractivity (Wildman–Crippen MR) is 84.9 cm³/mol. The summed E-state index contributed by atoms with van der Waals surface area (Å²) >= 11 is 1.46. The van der Waals surface area contributed by atoms with Gasteiger partial charge in [-0.25, -0.2) is 13.6 Å². The molecule has 0 bridgehead atoms. The summed E-state index contributed by atoms with van der Waals surface area (Å²) in [6.07, 6.45) is 0.903. The van der Waals surface area contributed by atoms with Crippen LogP contribution in [0.2, 0.25) is 0 Å². The first kappa shape index (κ1) is 15.7. The molecule has 1 amide bonds. The van der Waals surface area contributed by atoms with Gasteiger partial charge < -0.3 is 5.32 Å². The maximum atomic E-state index is 12.0. The molecule has 112 valence electrons. The lowest BCUT2D eigenvalue weighted by Crippen LogP contribution is -2.14. The Morgan fingerprint density at radius 2 is 1.86 bits per heavy atom. The number of sulfonamides is 1. The van der Waals surface area contributed by atoms with Gasteiger partial charge in [0.25, 0.3) is 5.91 Å². The summed E-state index contributed by atoms with van der Waals surface area (Å²) in [6, 6.07) is 10.3. The monoisotopic (exact) mass is 324 g/mol. The van der Waals surface area contributed by atoms with Crippen molar-refractivity contribution in [2.45, 2.75) is 19.1 Å². The SMILES string of the molecule is CCc1ccc(C(=O)Nc2ccc(CS(N)(=O)=O)cc2)s1. The molecule has 2 aromatic rings. The molecular weight excluding hydrogens is 308 g/mol. The van der Waals surface area contributed by atoms with Gasteiger partial charge >= 0.3 is 0 Å². The van der Waals surface area contributed by atoms with E-state index >= 15 is 0 Å². The molecule has 0 atom stereocenters. The molecule has 0 saturated heterocycles. The number of carbonyl (C=O) groups is 1. The van der Waals surface area contributed by atoms with E-state index in [0.29, 0.717) is 16.1 Å². The fraction of sp³-hybridized carbons (Fsp3) is 0.214. The molecule has 1 aromatic carbocycles. The molecule has 5 nitrogen and oxygen atoms in total. The zero-order valence-corrected chi connectivity index (χ0v) is 13.1. The Bertz CT molecular complexity index is 734. The number of rotatable bonds is 5. The lowest BCUT2D eigenvalue weighted by Gasteiger charge is -2.05. The number of primary sulfonamides is 1. The first-order valence-electron chi connectivity index (χ1n) is 6.37. The Morgan fingerprint density at radius 1 is 1.19 bits per heavy atom. The van der Waals surface area contributed by atoms with Crippen molar-refractivity contribution in [1.29, 1.82) is 0 Å². The molecule has 7 heteroatoms. The van der Waals surface area contributed by atoms with Gasteiger partial charge in [0.1, 0.15) is 0 Å². The highest BCUT2D eigenvalue weighted by molar-refractivity contribution is 7.88. The number of aryl methyl sites for hydroxylation is 1. The molecule has 0 saturated carbocycles. The molecule has 0 radical (unpaired) electrons. The molecule has 1 aromatic heterocycles. The zero-order chi connectivity index (χ0) is 15.5. The molecule has 2 rings (SSSR count). The summed E-state index contributed by atoms with van der Waals surface area (Å²) in [6.45, 7) is 2.04. The van der Waals surface area contributed by atoms with Crippen LogP contribution >= 0.6 is 11.3 Å². The van der Waals surface area contributed by atoms with Gasteiger partial charge in [-0.15, -0.1) is 11.3 Å². The van der Waals surface area contributed by atoms with Crippen molar-refractivity contribution < 1.29 is 13.2 Å². The van der Waals surface area contributed by atoms with Crippen LogP contribution in [0.1, 0.15) is 27.0 Å². The minimum absolute atomic E-state index is 0.168. The first-order valence-corrected chi connectivity index (χ1v) is 8.90. The molecule has 0 aliphatic heterocycles. The maximum Gasteiger partial charge on any atom is 0.265 e. The molecule has 3 N–H and O–H groups in total. The van der Waals surface area contributed by atoms with Gasteiger partial charge in [-0.1, -0.05) is 19.1 Å². The third-order valence-electron chi connectivity index (χ3n) is 2.81. The number of benzene rings is 1. The maximum absolute atomic E-state index is 12.0. The first-order chi connectivity index (χ1) is 9.87. The lowest BCUT2D eigenvalue weighted by molar-refractivity contribution is 0.103. The van der Waals surface area contributed by atoms with Crippen molar-refractivity contribution in [1.82, 2.24) is 0 Å². The van der Waals surface area contributed by atoms with E-state index in [4.69, 9.17) is 5.14 Å². The molecule has 0 fully saturated rings. The van der Waals surface area contributed by atoms with Gasteiger partial charge in [0.15, 0.2) is 0 Å². The number of carbonyl (C=O) groups excluding carboxylic acids is 1. The van der Waals surface area contributed by atoms with Gasteiger partial charge in [-0.05, 0) is 36.2 Å². The third-order valence-corrected chi connectivity index (χ3v) is 4.78. The van der Waals surface area contributed by atoms with Gasteiger partial charge in [0.2, 0.25) is 10.0 Å². The number of nitrogens with two attached hydrogens (primary N) is 1. The highest BCUT2D eigenvalue weighted by Crippen LogP contribution is 2.19. The van der Waals surface area contributed by atoms with E-state index in [-0.39, 0.29) is 11.7 Å². The van der Waals surface area contributed by atoms with E-state index in [1.165, 1.54) is 11.3 Å². The fourth-order valence-corrected chi connectivity index (χ4v) is 3.30. The van der Waals surface area contributed by atoms with Crippen LogP contribution in [0.5, 0.6) is 0 Å². The topological polar surface area (TPSA) is 89.3 Å². The smallest absolute Gasteiger partial charge is 0.265 e. The van der Waals surface area contributed by atoms with E-state index in [2.05, 4.69) is 5.32 Å². The normalized spacial score (nSPS) is 11.3. The minimum atomic E-state index is -3.54. The van der Waals surface area contributed by atoms with Crippen LogP contribution in [0.15, 0.2) is 36.4 Å². The number of nitrogens with one attached hydrogen (secondary N) is 1. The third kappa shape index (κ3) is 4.66. The van der Waals surface area contributed by atoms with Crippen LogP contribution < -0.4 is 10.5 Å². The van der Waals surface area contributed by atoms with Gasteiger partial charge in [0.05, 0.1) is 10.6 Å². The van der Waals surface area contributed by atoms with Crippen LogP contribution in [0.3, 0.4) is 0 Å². The van der Waals surface area contributed by atoms with Crippen LogP contribution in [0, 0.1) is 0 Å². The van der Waals surface area contributed by atoms with E-state index in [1.54, 1.807) is 30.3 Å². The van der Waals surface area contributed by atoms with E-state index < -0.39 is 10.0 Å². The van der Waals surface area contributed by atoms with Crippen molar-refractivity contribution in [2.75, 3.05) is 5.32 Å². The number of hydrogen-bond donors (Lipinski definition) is 2. The van der Waals surface area contributed by atoms with E-state index in [0.717, 1.165) is 11.3 Å². The Labute approximate surface area is 127 Å². The Kier molecular flexibility index (Phi) is 4.76. The number of anilines is 1. The zero-order valence-electron chi connectivity index (χ0n) is 11.5. The summed E-state index contributed by atoms with van der Waals surface area (Å²) in [5.74, 6) is -0.384. The molecule has 0 spiro atoms. The van der Waals surface area contributed by atoms with Crippen molar-refractivity contribution in [2.24, 2.45) is 5.14 Å². The molecule has 1 heterocycles. The van der Waals surface area contributed by atoms with Crippen molar-refractivity contribution in [3.05, 3.63) is 51.7 Å². The van der Waals surface area contributed by atoms with Crippen molar-refractivity contribution >= 4 is 33.0 Å². The molecule has 0 aliphatic rings. The highest BCUT2D eigenvalue weighted by atomic mass is 32.2. The van der Waals surface area contributed by atoms with Gasteiger partial charge in [0, 0.05) is 10.6 Å². The number of hydrogen-bond acceptors (Lipinski definition) is 4. The van der Waals surface area contributed by atoms with E-state index in [1.807, 2.05) is 13.0 Å². The summed E-state index contributed by atoms with van der Waals surface area (Å²) in [4.78, 5) is 13.8. The Balaban J connectivity index is 2.04. The largest absolute Gasteiger partial charge is 0.321 e. The summed E-state index contributed by atoms with van der Waals surface area (Å²) in [7, 11) is -3.54. The average molecular weight is 324 g/mol. The second-order valence-corrected chi connectivity index (χ2v) is 7.36. The quantitative estimate of drug-likeness (QED) is 0.884. The van der Waals surface area contributed by atoms with Crippen molar-refractivity contribution in [3.8, 4) is 0 Å². The van der Waals surface area contributed by atoms with Gasteiger partial charge in [-0.3, -0.25) is 4.79 Å². The summed E-state index contributed by atoms with van der Waals surface area (Å²) < 4.78 is 22.0. The predicted octanol–water partition coefficient (Wildman–Crippen LogP) is 2.35. The summed E-state index contributed by atoms with van der Waals surface area (Å²) in [5.41, 5.74) is 1.20. The lowest BCUT2D eigenvalue weighted by atomic mass is 10.2. The number of amides is 1. The molecule has 21 heavy (non-hydrogen) atoms. The Hall–Kier alpha value is -1.70. The second-order valence-electron chi connectivity index (χ2n) is 4.58.